The van der Waals surface area contributed by atoms with Crippen molar-refractivity contribution in [2.24, 2.45) is 0 Å². The summed E-state index contributed by atoms with van der Waals surface area (Å²) >= 11 is 0. The highest BCUT2D eigenvalue weighted by Gasteiger charge is 2.35. The molecular formula is C22H20F3N5O. The van der Waals surface area contributed by atoms with E-state index in [0.29, 0.717) is 28.9 Å². The van der Waals surface area contributed by atoms with E-state index in [1.54, 1.807) is 48.5 Å². The molecule has 0 aliphatic heterocycles. The predicted octanol–water partition coefficient (Wildman–Crippen LogP) is 6.03. The van der Waals surface area contributed by atoms with Crippen LogP contribution in [0.1, 0.15) is 31.9 Å². The number of para-hydroxylation sites is 2. The number of nitriles is 1. The Bertz CT molecular complexity index is 1100. The zero-order chi connectivity index (χ0) is 22.6. The fourth-order valence-corrected chi connectivity index (χ4v) is 2.62. The van der Waals surface area contributed by atoms with Gasteiger partial charge in [-0.2, -0.15) is 23.4 Å². The minimum atomic E-state index is -4.66. The van der Waals surface area contributed by atoms with Gasteiger partial charge in [0.1, 0.15) is 22.7 Å². The highest BCUT2D eigenvalue weighted by atomic mass is 19.4. The maximum atomic E-state index is 13.6. The van der Waals surface area contributed by atoms with Crippen molar-refractivity contribution in [1.29, 1.82) is 5.26 Å². The summed E-state index contributed by atoms with van der Waals surface area (Å²) in [5.74, 6) is -0.0543. The van der Waals surface area contributed by atoms with Crippen molar-refractivity contribution in [3.05, 3.63) is 65.9 Å². The monoisotopic (exact) mass is 427 g/mol. The van der Waals surface area contributed by atoms with Crippen LogP contribution in [0.5, 0.6) is 5.75 Å². The summed E-state index contributed by atoms with van der Waals surface area (Å²) < 4.78 is 46.5. The average Bonchev–Trinajstić information content (AvgIpc) is 2.68. The van der Waals surface area contributed by atoms with E-state index < -0.39 is 23.2 Å². The number of rotatable bonds is 5. The van der Waals surface area contributed by atoms with E-state index in [4.69, 9.17) is 10.00 Å². The number of anilines is 4. The molecule has 6 nitrogen and oxygen atoms in total. The summed E-state index contributed by atoms with van der Waals surface area (Å²) in [6.45, 7) is 5.53. The molecule has 160 valence electrons. The molecule has 31 heavy (non-hydrogen) atoms. The number of alkyl halides is 3. The third-order valence-electron chi connectivity index (χ3n) is 3.92. The lowest BCUT2D eigenvalue weighted by Crippen LogP contribution is -2.23. The molecular weight excluding hydrogens is 407 g/mol. The predicted molar refractivity (Wildman–Crippen MR) is 112 cm³/mol. The zero-order valence-electron chi connectivity index (χ0n) is 17.1. The van der Waals surface area contributed by atoms with Gasteiger partial charge >= 0.3 is 6.18 Å². The molecule has 0 fully saturated rings. The number of aromatic nitrogens is 2. The van der Waals surface area contributed by atoms with Crippen molar-refractivity contribution >= 4 is 23.1 Å². The highest BCUT2D eigenvalue weighted by molar-refractivity contribution is 5.67. The van der Waals surface area contributed by atoms with Gasteiger partial charge in [-0.05, 0) is 57.2 Å². The lowest BCUT2D eigenvalue weighted by atomic mass is 10.2. The SMILES string of the molecule is CC(C)(C)Oc1ccccc1Nc1nc(Nc2ccc(C#N)cc2)ncc1C(F)(F)F. The van der Waals surface area contributed by atoms with E-state index in [9.17, 15) is 13.2 Å². The number of ether oxygens (including phenoxy) is 1. The number of nitrogens with one attached hydrogen (secondary N) is 2. The van der Waals surface area contributed by atoms with Crippen LogP contribution >= 0.6 is 0 Å². The van der Waals surface area contributed by atoms with Crippen LogP contribution in [0.4, 0.5) is 36.3 Å². The van der Waals surface area contributed by atoms with E-state index in [1.165, 1.54) is 0 Å². The van der Waals surface area contributed by atoms with Crippen molar-refractivity contribution in [2.45, 2.75) is 32.5 Å². The van der Waals surface area contributed by atoms with Gasteiger partial charge in [-0.1, -0.05) is 12.1 Å². The van der Waals surface area contributed by atoms with Crippen LogP contribution in [0, 0.1) is 11.3 Å². The molecule has 3 aromatic rings. The van der Waals surface area contributed by atoms with E-state index in [-0.39, 0.29) is 5.95 Å². The number of benzene rings is 2. The second-order valence-electron chi connectivity index (χ2n) is 7.60. The maximum Gasteiger partial charge on any atom is 0.421 e. The summed E-state index contributed by atoms with van der Waals surface area (Å²) in [5.41, 5.74) is -0.231. The Morgan fingerprint density at radius 2 is 1.65 bits per heavy atom. The standard InChI is InChI=1S/C22H20F3N5O/c1-21(2,3)31-18-7-5-4-6-17(18)29-19-16(22(23,24)25)13-27-20(30-19)28-15-10-8-14(12-26)9-11-15/h4-11,13H,1-3H3,(H2,27,28,29,30). The molecule has 0 saturated heterocycles. The van der Waals surface area contributed by atoms with Crippen LogP contribution < -0.4 is 15.4 Å². The van der Waals surface area contributed by atoms with Gasteiger partial charge < -0.3 is 15.4 Å². The van der Waals surface area contributed by atoms with Gasteiger partial charge in [0.05, 0.1) is 17.3 Å². The molecule has 3 rings (SSSR count). The maximum absolute atomic E-state index is 13.6. The van der Waals surface area contributed by atoms with E-state index in [1.807, 2.05) is 26.8 Å². The number of hydrogen-bond donors (Lipinski definition) is 2. The fourth-order valence-electron chi connectivity index (χ4n) is 2.62. The molecule has 0 unspecified atom stereocenters. The minimum absolute atomic E-state index is 0.0329. The van der Waals surface area contributed by atoms with Gasteiger partial charge in [-0.3, -0.25) is 0 Å². The number of halogens is 3. The van der Waals surface area contributed by atoms with Crippen LogP contribution in [0.3, 0.4) is 0 Å². The molecule has 1 aromatic heterocycles. The molecule has 9 heteroatoms. The molecule has 0 bridgehead atoms. The first kappa shape index (κ1) is 21.9. The van der Waals surface area contributed by atoms with E-state index >= 15 is 0 Å². The van der Waals surface area contributed by atoms with Crippen LogP contribution in [0.2, 0.25) is 0 Å². The Kier molecular flexibility index (Phi) is 6.02. The van der Waals surface area contributed by atoms with Crippen molar-refractivity contribution in [1.82, 2.24) is 9.97 Å². The molecule has 0 amide bonds. The molecule has 0 atom stereocenters. The second kappa shape index (κ2) is 8.52. The Balaban J connectivity index is 1.96. The topological polar surface area (TPSA) is 82.9 Å². The van der Waals surface area contributed by atoms with E-state index in [0.717, 1.165) is 0 Å². The van der Waals surface area contributed by atoms with Gasteiger partial charge in [-0.25, -0.2) is 4.98 Å². The Morgan fingerprint density at radius 1 is 0.968 bits per heavy atom. The molecule has 2 aromatic carbocycles. The zero-order valence-corrected chi connectivity index (χ0v) is 17.1. The Hall–Kier alpha value is -3.80. The second-order valence-corrected chi connectivity index (χ2v) is 7.60. The number of nitrogens with zero attached hydrogens (tertiary/aromatic N) is 3. The molecule has 1 heterocycles. The van der Waals surface area contributed by atoms with Crippen LogP contribution in [-0.4, -0.2) is 15.6 Å². The Morgan fingerprint density at radius 3 is 2.26 bits per heavy atom. The highest BCUT2D eigenvalue weighted by Crippen LogP contribution is 2.37. The third-order valence-corrected chi connectivity index (χ3v) is 3.92. The molecule has 0 radical (unpaired) electrons. The minimum Gasteiger partial charge on any atom is -0.486 e. The van der Waals surface area contributed by atoms with Gasteiger partial charge in [0, 0.05) is 11.9 Å². The summed E-state index contributed by atoms with van der Waals surface area (Å²) in [6.07, 6.45) is -3.94. The van der Waals surface area contributed by atoms with Crippen molar-refractivity contribution in [3.63, 3.8) is 0 Å². The van der Waals surface area contributed by atoms with Gasteiger partial charge in [0.15, 0.2) is 0 Å². The first-order valence-corrected chi connectivity index (χ1v) is 9.32. The molecule has 0 saturated carbocycles. The van der Waals surface area contributed by atoms with Crippen molar-refractivity contribution in [2.75, 3.05) is 10.6 Å². The van der Waals surface area contributed by atoms with Crippen LogP contribution in [-0.2, 0) is 6.18 Å². The number of hydrogen-bond acceptors (Lipinski definition) is 6. The quantitative estimate of drug-likeness (QED) is 0.517. The van der Waals surface area contributed by atoms with Crippen molar-refractivity contribution < 1.29 is 17.9 Å². The van der Waals surface area contributed by atoms with Gasteiger partial charge in [0.25, 0.3) is 0 Å². The molecule has 0 spiro atoms. The third kappa shape index (κ3) is 5.85. The van der Waals surface area contributed by atoms with E-state index in [2.05, 4.69) is 20.6 Å². The largest absolute Gasteiger partial charge is 0.486 e. The van der Waals surface area contributed by atoms with Gasteiger partial charge in [-0.15, -0.1) is 0 Å². The summed E-state index contributed by atoms with van der Waals surface area (Å²) in [5, 5.41) is 14.5. The summed E-state index contributed by atoms with van der Waals surface area (Å²) in [7, 11) is 0. The lowest BCUT2D eigenvalue weighted by molar-refractivity contribution is -0.137. The molecule has 2 N–H and O–H groups in total. The summed E-state index contributed by atoms with van der Waals surface area (Å²) in [6, 6.07) is 15.1. The van der Waals surface area contributed by atoms with Crippen LogP contribution in [0.15, 0.2) is 54.7 Å². The molecule has 0 aliphatic rings. The fraction of sp³-hybridized carbons (Fsp3) is 0.227. The van der Waals surface area contributed by atoms with Crippen LogP contribution in [0.25, 0.3) is 0 Å². The Labute approximate surface area is 177 Å². The van der Waals surface area contributed by atoms with Crippen molar-refractivity contribution in [3.8, 4) is 11.8 Å². The first-order chi connectivity index (χ1) is 14.5. The van der Waals surface area contributed by atoms with Gasteiger partial charge in [0.2, 0.25) is 5.95 Å². The lowest BCUT2D eigenvalue weighted by Gasteiger charge is -2.24. The molecule has 0 aliphatic carbocycles. The smallest absolute Gasteiger partial charge is 0.421 e. The first-order valence-electron chi connectivity index (χ1n) is 9.32. The summed E-state index contributed by atoms with van der Waals surface area (Å²) in [4.78, 5) is 7.82. The normalized spacial score (nSPS) is 11.5. The average molecular weight is 427 g/mol.